The van der Waals surface area contributed by atoms with Crippen molar-refractivity contribution in [1.29, 1.82) is 0 Å². The largest absolute Gasteiger partial charge is 0.378 e. The van der Waals surface area contributed by atoms with Crippen LogP contribution in [0.4, 0.5) is 4.79 Å². The van der Waals surface area contributed by atoms with E-state index in [-0.39, 0.29) is 12.1 Å². The average Bonchev–Trinajstić information content (AvgIpc) is 2.19. The molecule has 1 aliphatic rings. The fourth-order valence-corrected chi connectivity index (χ4v) is 1.11. The minimum atomic E-state index is -0.0861. The van der Waals surface area contributed by atoms with Crippen LogP contribution in [-0.2, 0) is 4.74 Å². The van der Waals surface area contributed by atoms with Crippen LogP contribution in [0.25, 0.3) is 0 Å². The number of hydrogen-bond acceptors (Lipinski definition) is 3. The van der Waals surface area contributed by atoms with Gasteiger partial charge in [0.25, 0.3) is 0 Å². The summed E-state index contributed by atoms with van der Waals surface area (Å²) in [5, 5.41) is 6.12. The Kier molecular flexibility index (Phi) is 2.88. The number of amides is 2. The summed E-state index contributed by atoms with van der Waals surface area (Å²) < 4.78 is 5.16. The van der Waals surface area contributed by atoms with Gasteiger partial charge in [-0.3, -0.25) is 5.01 Å². The van der Waals surface area contributed by atoms with Crippen molar-refractivity contribution in [3.63, 3.8) is 0 Å². The topological polar surface area (TPSA) is 44.8 Å². The molecular formula is C7H15N3O2. The van der Waals surface area contributed by atoms with Crippen LogP contribution in [-0.4, -0.2) is 56.4 Å². The number of carbonyl (C=O) groups is 1. The molecule has 1 N–H and O–H groups in total. The van der Waals surface area contributed by atoms with Crippen molar-refractivity contribution in [3.05, 3.63) is 0 Å². The van der Waals surface area contributed by atoms with E-state index >= 15 is 0 Å². The smallest absolute Gasteiger partial charge is 0.331 e. The molecule has 1 heterocycles. The third-order valence-electron chi connectivity index (χ3n) is 2.09. The predicted molar refractivity (Wildman–Crippen MR) is 44.6 cm³/mol. The molecule has 0 saturated carbocycles. The van der Waals surface area contributed by atoms with E-state index < -0.39 is 0 Å². The standard InChI is InChI=1S/C7H15N3O2/c1-9-5-6(12-3)4-8-7(11)10(9)2/h6H,4-5H2,1-3H3,(H,8,11). The van der Waals surface area contributed by atoms with E-state index in [9.17, 15) is 4.79 Å². The second-order valence-corrected chi connectivity index (χ2v) is 2.91. The van der Waals surface area contributed by atoms with Crippen LogP contribution < -0.4 is 5.32 Å². The van der Waals surface area contributed by atoms with Crippen LogP contribution in [0, 0.1) is 0 Å². The molecule has 1 atom stereocenters. The van der Waals surface area contributed by atoms with Gasteiger partial charge in [-0.05, 0) is 0 Å². The first-order valence-corrected chi connectivity index (χ1v) is 3.90. The first kappa shape index (κ1) is 9.28. The van der Waals surface area contributed by atoms with Crippen molar-refractivity contribution in [3.8, 4) is 0 Å². The summed E-state index contributed by atoms with van der Waals surface area (Å²) in [5.41, 5.74) is 0. The van der Waals surface area contributed by atoms with Crippen LogP contribution in [0.5, 0.6) is 0 Å². The van der Waals surface area contributed by atoms with E-state index in [2.05, 4.69) is 5.32 Å². The maximum atomic E-state index is 11.2. The van der Waals surface area contributed by atoms with Crippen molar-refractivity contribution in [1.82, 2.24) is 15.3 Å². The molecule has 1 fully saturated rings. The molecule has 12 heavy (non-hydrogen) atoms. The predicted octanol–water partition coefficient (Wildman–Crippen LogP) is -0.497. The van der Waals surface area contributed by atoms with E-state index in [4.69, 9.17) is 4.74 Å². The van der Waals surface area contributed by atoms with E-state index in [0.717, 1.165) is 6.54 Å². The van der Waals surface area contributed by atoms with Gasteiger partial charge in [0, 0.05) is 34.3 Å². The van der Waals surface area contributed by atoms with Gasteiger partial charge in [0.15, 0.2) is 0 Å². The van der Waals surface area contributed by atoms with Gasteiger partial charge in [0.05, 0.1) is 6.10 Å². The quantitative estimate of drug-likeness (QED) is 0.581. The lowest BCUT2D eigenvalue weighted by Crippen LogP contribution is -2.43. The van der Waals surface area contributed by atoms with Crippen LogP contribution in [0.3, 0.4) is 0 Å². The molecule has 0 bridgehead atoms. The minimum absolute atomic E-state index is 0.0731. The van der Waals surface area contributed by atoms with Crippen LogP contribution >= 0.6 is 0 Å². The fraction of sp³-hybridized carbons (Fsp3) is 0.857. The Morgan fingerprint density at radius 1 is 1.58 bits per heavy atom. The second kappa shape index (κ2) is 3.73. The van der Waals surface area contributed by atoms with E-state index in [1.54, 1.807) is 19.2 Å². The maximum absolute atomic E-state index is 11.2. The van der Waals surface area contributed by atoms with Gasteiger partial charge in [-0.1, -0.05) is 0 Å². The van der Waals surface area contributed by atoms with Crippen molar-refractivity contribution in [2.45, 2.75) is 6.10 Å². The highest BCUT2D eigenvalue weighted by Gasteiger charge is 2.22. The maximum Gasteiger partial charge on any atom is 0.331 e. The first-order chi connectivity index (χ1) is 5.65. The zero-order chi connectivity index (χ0) is 9.14. The average molecular weight is 173 g/mol. The fourth-order valence-electron chi connectivity index (χ4n) is 1.11. The molecule has 0 aromatic heterocycles. The van der Waals surface area contributed by atoms with Crippen molar-refractivity contribution in [2.75, 3.05) is 34.3 Å². The lowest BCUT2D eigenvalue weighted by atomic mass is 10.3. The number of ether oxygens (including phenoxy) is 1. The van der Waals surface area contributed by atoms with Gasteiger partial charge in [-0.25, -0.2) is 9.80 Å². The second-order valence-electron chi connectivity index (χ2n) is 2.91. The minimum Gasteiger partial charge on any atom is -0.378 e. The number of nitrogens with one attached hydrogen (secondary N) is 1. The number of urea groups is 1. The van der Waals surface area contributed by atoms with Gasteiger partial charge >= 0.3 is 6.03 Å². The number of methoxy groups -OCH3 is 1. The third kappa shape index (κ3) is 1.86. The number of hydrogen-bond donors (Lipinski definition) is 1. The monoisotopic (exact) mass is 173 g/mol. The summed E-state index contributed by atoms with van der Waals surface area (Å²) in [6.07, 6.45) is 0.0731. The zero-order valence-corrected chi connectivity index (χ0v) is 7.70. The Balaban J connectivity index is 2.59. The van der Waals surface area contributed by atoms with Crippen LogP contribution in [0.1, 0.15) is 0 Å². The van der Waals surface area contributed by atoms with E-state index in [0.29, 0.717) is 6.54 Å². The van der Waals surface area contributed by atoms with Crippen LogP contribution in [0.2, 0.25) is 0 Å². The van der Waals surface area contributed by atoms with Gasteiger partial charge < -0.3 is 10.1 Å². The summed E-state index contributed by atoms with van der Waals surface area (Å²) >= 11 is 0. The number of carbonyl (C=O) groups excluding carboxylic acids is 1. The molecule has 0 aliphatic carbocycles. The van der Waals surface area contributed by atoms with Gasteiger partial charge in [-0.15, -0.1) is 0 Å². The lowest BCUT2D eigenvalue weighted by molar-refractivity contribution is 0.0197. The summed E-state index contributed by atoms with van der Waals surface area (Å²) in [7, 11) is 5.24. The Labute approximate surface area is 72.2 Å². The highest BCUT2D eigenvalue weighted by Crippen LogP contribution is 2.01. The van der Waals surface area contributed by atoms with Crippen molar-refractivity contribution >= 4 is 6.03 Å². The van der Waals surface area contributed by atoms with E-state index in [1.165, 1.54) is 0 Å². The van der Waals surface area contributed by atoms with Crippen molar-refractivity contribution in [2.24, 2.45) is 0 Å². The molecule has 1 aliphatic heterocycles. The molecule has 2 amide bonds. The normalized spacial score (nSPS) is 26.8. The summed E-state index contributed by atoms with van der Waals surface area (Å²) in [5.74, 6) is 0. The van der Waals surface area contributed by atoms with Crippen molar-refractivity contribution < 1.29 is 9.53 Å². The molecule has 70 valence electrons. The highest BCUT2D eigenvalue weighted by atomic mass is 16.5. The summed E-state index contributed by atoms with van der Waals surface area (Å²) in [6, 6.07) is -0.0861. The molecule has 1 unspecified atom stereocenters. The molecule has 0 aromatic carbocycles. The molecule has 1 saturated heterocycles. The Morgan fingerprint density at radius 2 is 2.25 bits per heavy atom. The zero-order valence-electron chi connectivity index (χ0n) is 7.70. The molecule has 5 nitrogen and oxygen atoms in total. The highest BCUT2D eigenvalue weighted by molar-refractivity contribution is 5.73. The number of likely N-dealkylation sites (N-methyl/N-ethyl adjacent to an activating group) is 1. The molecule has 1 rings (SSSR count). The first-order valence-electron chi connectivity index (χ1n) is 3.90. The molecule has 0 radical (unpaired) electrons. The number of hydrazine groups is 1. The Hall–Kier alpha value is -0.810. The SMILES string of the molecule is COC1CNC(=O)N(C)N(C)C1. The number of nitrogens with zero attached hydrogens (tertiary/aromatic N) is 2. The van der Waals surface area contributed by atoms with Crippen LogP contribution in [0.15, 0.2) is 0 Å². The summed E-state index contributed by atoms with van der Waals surface area (Å²) in [6.45, 7) is 1.30. The van der Waals surface area contributed by atoms with E-state index in [1.807, 2.05) is 12.1 Å². The molecular weight excluding hydrogens is 158 g/mol. The van der Waals surface area contributed by atoms with Gasteiger partial charge in [0.1, 0.15) is 0 Å². The molecule has 0 spiro atoms. The third-order valence-corrected chi connectivity index (χ3v) is 2.09. The molecule has 5 heteroatoms. The lowest BCUT2D eigenvalue weighted by Gasteiger charge is -2.25. The van der Waals surface area contributed by atoms with Gasteiger partial charge in [-0.2, -0.15) is 0 Å². The number of rotatable bonds is 1. The Morgan fingerprint density at radius 3 is 2.83 bits per heavy atom. The van der Waals surface area contributed by atoms with Gasteiger partial charge in [0.2, 0.25) is 0 Å². The molecule has 0 aromatic rings. The Bertz CT molecular complexity index is 174. The summed E-state index contributed by atoms with van der Waals surface area (Å²) in [4.78, 5) is 11.2.